The second-order valence-corrected chi connectivity index (χ2v) is 10.3. The first kappa shape index (κ1) is 21.6. The SMILES string of the molecule is O=C(Cc1ccc(-n2cccc2)cc1)N(Cc1cccc(C2OC2O)c1)C1C=CS(=O)(=O)C1. The fourth-order valence-corrected chi connectivity index (χ4v) is 5.42. The molecular weight excluding hydrogens is 440 g/mol. The maximum Gasteiger partial charge on any atom is 0.227 e. The topological polar surface area (TPSA) is 92.1 Å². The van der Waals surface area contributed by atoms with Gasteiger partial charge in [-0.05, 0) is 47.0 Å². The second kappa shape index (κ2) is 8.62. The Morgan fingerprint density at radius 3 is 2.42 bits per heavy atom. The number of hydrogen-bond acceptors (Lipinski definition) is 5. The number of sulfone groups is 1. The predicted octanol–water partition coefficient (Wildman–Crippen LogP) is 2.75. The van der Waals surface area contributed by atoms with E-state index in [9.17, 15) is 18.3 Å². The minimum Gasteiger partial charge on any atom is -0.366 e. The molecule has 0 saturated carbocycles. The molecule has 1 aromatic heterocycles. The first-order valence-corrected chi connectivity index (χ1v) is 12.4. The monoisotopic (exact) mass is 464 g/mol. The number of hydrogen-bond donors (Lipinski definition) is 1. The third-order valence-corrected chi connectivity index (χ3v) is 7.30. The molecule has 2 aliphatic heterocycles. The quantitative estimate of drug-likeness (QED) is 0.543. The molecule has 8 heteroatoms. The Bertz CT molecular complexity index is 1280. The van der Waals surface area contributed by atoms with Crippen LogP contribution in [0.1, 0.15) is 22.8 Å². The second-order valence-electron chi connectivity index (χ2n) is 8.37. The summed E-state index contributed by atoms with van der Waals surface area (Å²) in [5.41, 5.74) is 3.54. The van der Waals surface area contributed by atoms with Crippen molar-refractivity contribution in [2.75, 3.05) is 5.75 Å². The van der Waals surface area contributed by atoms with E-state index in [1.807, 2.05) is 77.6 Å². The summed E-state index contributed by atoms with van der Waals surface area (Å²) >= 11 is 0. The number of nitrogens with zero attached hydrogens (tertiary/aromatic N) is 2. The van der Waals surface area contributed by atoms with E-state index < -0.39 is 22.2 Å². The summed E-state index contributed by atoms with van der Waals surface area (Å²) in [5.74, 6) is -0.265. The van der Waals surface area contributed by atoms with Crippen LogP contribution in [-0.2, 0) is 32.3 Å². The molecule has 1 fully saturated rings. The zero-order valence-electron chi connectivity index (χ0n) is 17.8. The summed E-state index contributed by atoms with van der Waals surface area (Å²) in [5, 5.41) is 10.7. The number of carbonyl (C=O) groups is 1. The van der Waals surface area contributed by atoms with Gasteiger partial charge in [-0.15, -0.1) is 0 Å². The largest absolute Gasteiger partial charge is 0.366 e. The molecule has 0 bridgehead atoms. The molecule has 1 saturated heterocycles. The molecule has 0 aliphatic carbocycles. The number of rotatable bonds is 7. The highest BCUT2D eigenvalue weighted by Gasteiger charge is 2.38. The highest BCUT2D eigenvalue weighted by molar-refractivity contribution is 7.94. The van der Waals surface area contributed by atoms with E-state index >= 15 is 0 Å². The average molecular weight is 465 g/mol. The number of aliphatic hydroxyl groups excluding tert-OH is 1. The smallest absolute Gasteiger partial charge is 0.227 e. The minimum absolute atomic E-state index is 0.116. The molecule has 170 valence electrons. The standard InChI is InChI=1S/C25H24N2O5S/c28-23(15-18-6-8-21(9-7-18)26-11-1-2-12-26)27(22-10-13-33(30,31)17-22)16-19-4-3-5-20(14-19)24-25(29)32-24/h1-14,22,24-25,29H,15-17H2. The van der Waals surface area contributed by atoms with Gasteiger partial charge >= 0.3 is 0 Å². The van der Waals surface area contributed by atoms with Gasteiger partial charge in [0.25, 0.3) is 0 Å². The Kier molecular flexibility index (Phi) is 5.65. The van der Waals surface area contributed by atoms with Gasteiger partial charge in [0.05, 0.1) is 18.2 Å². The molecule has 3 heterocycles. The van der Waals surface area contributed by atoms with Gasteiger partial charge in [0, 0.05) is 30.0 Å². The molecule has 2 aromatic carbocycles. The molecule has 1 amide bonds. The van der Waals surface area contributed by atoms with Gasteiger partial charge in [-0.25, -0.2) is 8.42 Å². The summed E-state index contributed by atoms with van der Waals surface area (Å²) in [6.07, 6.45) is 4.51. The number of ether oxygens (including phenoxy) is 1. The number of amides is 1. The lowest BCUT2D eigenvalue weighted by molar-refractivity contribution is -0.132. The number of aliphatic hydroxyl groups is 1. The van der Waals surface area contributed by atoms with E-state index in [0.717, 1.165) is 22.4 Å². The number of benzene rings is 2. The summed E-state index contributed by atoms with van der Waals surface area (Å²) in [7, 11) is -3.32. The average Bonchev–Trinajstić information content (AvgIpc) is 3.15. The van der Waals surface area contributed by atoms with Crippen LogP contribution in [0.2, 0.25) is 0 Å². The van der Waals surface area contributed by atoms with E-state index in [2.05, 4.69) is 0 Å². The number of epoxide rings is 1. The first-order chi connectivity index (χ1) is 15.9. The van der Waals surface area contributed by atoms with E-state index in [0.29, 0.717) is 0 Å². The zero-order chi connectivity index (χ0) is 23.0. The van der Waals surface area contributed by atoms with Crippen LogP contribution in [0, 0.1) is 0 Å². The Hall–Kier alpha value is -3.20. The maximum absolute atomic E-state index is 13.3. The van der Waals surface area contributed by atoms with Crippen LogP contribution >= 0.6 is 0 Å². The van der Waals surface area contributed by atoms with Gasteiger partial charge in [0.1, 0.15) is 6.10 Å². The molecule has 7 nitrogen and oxygen atoms in total. The van der Waals surface area contributed by atoms with E-state index in [1.165, 1.54) is 5.41 Å². The van der Waals surface area contributed by atoms with Crippen molar-refractivity contribution < 1.29 is 23.1 Å². The number of aromatic nitrogens is 1. The Balaban J connectivity index is 1.35. The van der Waals surface area contributed by atoms with Crippen molar-refractivity contribution in [3.8, 4) is 5.69 Å². The summed E-state index contributed by atoms with van der Waals surface area (Å²) in [6.45, 7) is 0.265. The van der Waals surface area contributed by atoms with Gasteiger partial charge in [-0.2, -0.15) is 0 Å². The van der Waals surface area contributed by atoms with Crippen LogP contribution in [0.5, 0.6) is 0 Å². The van der Waals surface area contributed by atoms with Crippen LogP contribution in [0.15, 0.2) is 84.5 Å². The molecule has 0 radical (unpaired) electrons. The van der Waals surface area contributed by atoms with Gasteiger partial charge in [-0.1, -0.05) is 36.4 Å². The predicted molar refractivity (Wildman–Crippen MR) is 123 cm³/mol. The van der Waals surface area contributed by atoms with Crippen molar-refractivity contribution in [3.63, 3.8) is 0 Å². The molecule has 3 unspecified atom stereocenters. The molecule has 2 aliphatic rings. The van der Waals surface area contributed by atoms with E-state index in [4.69, 9.17) is 4.74 Å². The summed E-state index contributed by atoms with van der Waals surface area (Å²) < 4.78 is 31.2. The summed E-state index contributed by atoms with van der Waals surface area (Å²) in [6, 6.07) is 18.6. The highest BCUT2D eigenvalue weighted by atomic mass is 32.2. The van der Waals surface area contributed by atoms with Gasteiger partial charge in [0.2, 0.25) is 5.91 Å². The van der Waals surface area contributed by atoms with Crippen LogP contribution in [0.3, 0.4) is 0 Å². The Labute approximate surface area is 192 Å². The van der Waals surface area contributed by atoms with Crippen molar-refractivity contribution in [3.05, 3.63) is 101 Å². The molecule has 3 atom stereocenters. The van der Waals surface area contributed by atoms with Crippen molar-refractivity contribution in [1.29, 1.82) is 0 Å². The first-order valence-electron chi connectivity index (χ1n) is 10.7. The maximum atomic E-state index is 13.3. The summed E-state index contributed by atoms with van der Waals surface area (Å²) in [4.78, 5) is 15.0. The van der Waals surface area contributed by atoms with Crippen LogP contribution in [-0.4, -0.2) is 47.0 Å². The van der Waals surface area contributed by atoms with E-state index in [1.54, 1.807) is 11.0 Å². The lowest BCUT2D eigenvalue weighted by atomic mass is 10.1. The molecule has 5 rings (SSSR count). The van der Waals surface area contributed by atoms with E-state index in [-0.39, 0.29) is 30.7 Å². The molecule has 0 spiro atoms. The van der Waals surface area contributed by atoms with Crippen molar-refractivity contribution in [2.24, 2.45) is 0 Å². The van der Waals surface area contributed by atoms with Gasteiger partial charge < -0.3 is 19.3 Å². The normalized spacial score (nSPS) is 22.9. The fraction of sp³-hybridized carbons (Fsp3) is 0.240. The lowest BCUT2D eigenvalue weighted by Gasteiger charge is -2.28. The zero-order valence-corrected chi connectivity index (χ0v) is 18.6. The number of carbonyl (C=O) groups excluding carboxylic acids is 1. The van der Waals surface area contributed by atoms with Crippen molar-refractivity contribution in [1.82, 2.24) is 9.47 Å². The van der Waals surface area contributed by atoms with Gasteiger partial charge in [-0.3, -0.25) is 4.79 Å². The van der Waals surface area contributed by atoms with Crippen molar-refractivity contribution in [2.45, 2.75) is 31.4 Å². The van der Waals surface area contributed by atoms with Crippen LogP contribution in [0.4, 0.5) is 0 Å². The lowest BCUT2D eigenvalue weighted by Crippen LogP contribution is -2.41. The van der Waals surface area contributed by atoms with Crippen LogP contribution in [0.25, 0.3) is 5.69 Å². The molecule has 1 N–H and O–H groups in total. The Morgan fingerprint density at radius 1 is 1.06 bits per heavy atom. The van der Waals surface area contributed by atoms with Crippen LogP contribution < -0.4 is 0 Å². The third kappa shape index (κ3) is 4.93. The van der Waals surface area contributed by atoms with Gasteiger partial charge in [0.15, 0.2) is 16.1 Å². The molecule has 3 aromatic rings. The molecular formula is C25H24N2O5S. The van der Waals surface area contributed by atoms with Crippen molar-refractivity contribution >= 4 is 15.7 Å². The third-order valence-electron chi connectivity index (χ3n) is 5.93. The highest BCUT2D eigenvalue weighted by Crippen LogP contribution is 2.37. The Morgan fingerprint density at radius 2 is 1.79 bits per heavy atom. The minimum atomic E-state index is -3.32. The fourth-order valence-electron chi connectivity index (χ4n) is 4.13. The molecule has 33 heavy (non-hydrogen) atoms.